The highest BCUT2D eigenvalue weighted by molar-refractivity contribution is 7.11. The van der Waals surface area contributed by atoms with Crippen molar-refractivity contribution in [3.63, 3.8) is 0 Å². The second kappa shape index (κ2) is 3.94. The largest absolute Gasteiger partial charge is 0.345 e. The minimum Gasteiger partial charge on any atom is -0.345 e. The van der Waals surface area contributed by atoms with E-state index in [2.05, 4.69) is 27.9 Å². The van der Waals surface area contributed by atoms with Gasteiger partial charge in [0, 0.05) is 11.1 Å². The molecule has 0 unspecified atom stereocenters. The molecule has 2 nitrogen and oxygen atoms in total. The normalized spacial score (nSPS) is 10.5. The Morgan fingerprint density at radius 2 is 1.62 bits per heavy atom. The molecule has 0 aliphatic heterocycles. The van der Waals surface area contributed by atoms with E-state index in [-0.39, 0.29) is 0 Å². The maximum atomic E-state index is 4.39. The van der Waals surface area contributed by atoms with Crippen molar-refractivity contribution in [2.75, 3.05) is 5.32 Å². The molecule has 78 valence electrons. The van der Waals surface area contributed by atoms with Crippen LogP contribution in [0.3, 0.4) is 0 Å². The van der Waals surface area contributed by atoms with E-state index in [0.29, 0.717) is 0 Å². The van der Waals surface area contributed by atoms with Gasteiger partial charge >= 0.3 is 0 Å². The van der Waals surface area contributed by atoms with Gasteiger partial charge < -0.3 is 5.32 Å². The maximum absolute atomic E-state index is 4.39. The molecule has 2 aromatic carbocycles. The van der Waals surface area contributed by atoms with Gasteiger partial charge in [-0.3, -0.25) is 0 Å². The van der Waals surface area contributed by atoms with Gasteiger partial charge in [0.15, 0.2) is 0 Å². The molecule has 1 N–H and O–H groups in total. The van der Waals surface area contributed by atoms with Crippen LogP contribution >= 0.6 is 11.5 Å². The highest BCUT2D eigenvalue weighted by atomic mass is 32.1. The number of rotatable bonds is 2. The number of fused-ring (bicyclic) bond motifs is 1. The van der Waals surface area contributed by atoms with E-state index in [0.717, 1.165) is 16.2 Å². The molecule has 1 aromatic heterocycles. The van der Waals surface area contributed by atoms with E-state index < -0.39 is 0 Å². The number of para-hydroxylation sites is 1. The van der Waals surface area contributed by atoms with Crippen molar-refractivity contribution in [2.24, 2.45) is 0 Å². The van der Waals surface area contributed by atoms with Crippen LogP contribution in [0.1, 0.15) is 0 Å². The van der Waals surface area contributed by atoms with Gasteiger partial charge in [-0.05, 0) is 35.8 Å². The first kappa shape index (κ1) is 9.36. The van der Waals surface area contributed by atoms with Crippen LogP contribution in [0.15, 0.2) is 54.6 Å². The molecule has 0 aliphatic rings. The van der Waals surface area contributed by atoms with Crippen molar-refractivity contribution in [2.45, 2.75) is 0 Å². The maximum Gasteiger partial charge on any atom is 0.121 e. The van der Waals surface area contributed by atoms with Crippen LogP contribution in [-0.2, 0) is 0 Å². The molecule has 0 spiro atoms. The summed E-state index contributed by atoms with van der Waals surface area (Å²) in [6.07, 6.45) is 0. The molecule has 0 bridgehead atoms. The summed E-state index contributed by atoms with van der Waals surface area (Å²) in [6, 6.07) is 18.3. The SMILES string of the molecule is c1ccc(Nc2snc3ccccc23)cc1. The lowest BCUT2D eigenvalue weighted by Crippen LogP contribution is -1.86. The average Bonchev–Trinajstić information content (AvgIpc) is 2.74. The fourth-order valence-electron chi connectivity index (χ4n) is 1.63. The summed E-state index contributed by atoms with van der Waals surface area (Å²) in [6.45, 7) is 0. The van der Waals surface area contributed by atoms with Crippen LogP contribution in [0.5, 0.6) is 0 Å². The summed E-state index contributed by atoms with van der Waals surface area (Å²) in [7, 11) is 0. The zero-order chi connectivity index (χ0) is 10.8. The van der Waals surface area contributed by atoms with E-state index in [1.807, 2.05) is 36.4 Å². The van der Waals surface area contributed by atoms with Crippen molar-refractivity contribution in [1.82, 2.24) is 4.37 Å². The molecular weight excluding hydrogens is 216 g/mol. The topological polar surface area (TPSA) is 24.9 Å². The van der Waals surface area contributed by atoms with E-state index in [4.69, 9.17) is 0 Å². The molecule has 0 radical (unpaired) electrons. The first-order valence-corrected chi connectivity index (χ1v) is 5.87. The van der Waals surface area contributed by atoms with Gasteiger partial charge in [0.2, 0.25) is 0 Å². The number of nitrogens with one attached hydrogen (secondary N) is 1. The van der Waals surface area contributed by atoms with Crippen molar-refractivity contribution in [3.8, 4) is 0 Å². The summed E-state index contributed by atoms with van der Waals surface area (Å²) >= 11 is 1.50. The smallest absolute Gasteiger partial charge is 0.121 e. The minimum atomic E-state index is 1.05. The van der Waals surface area contributed by atoms with Crippen molar-refractivity contribution >= 4 is 33.1 Å². The van der Waals surface area contributed by atoms with Crippen LogP contribution in [-0.4, -0.2) is 4.37 Å². The zero-order valence-electron chi connectivity index (χ0n) is 8.55. The van der Waals surface area contributed by atoms with Crippen LogP contribution in [0.2, 0.25) is 0 Å². The second-order valence-electron chi connectivity index (χ2n) is 3.52. The molecule has 0 fully saturated rings. The summed E-state index contributed by atoms with van der Waals surface area (Å²) in [5.41, 5.74) is 2.14. The molecule has 3 aromatic rings. The van der Waals surface area contributed by atoms with Crippen LogP contribution in [0.25, 0.3) is 10.9 Å². The second-order valence-corrected chi connectivity index (χ2v) is 4.29. The first-order chi connectivity index (χ1) is 7.93. The Labute approximate surface area is 97.7 Å². The number of nitrogens with zero attached hydrogens (tertiary/aromatic N) is 1. The van der Waals surface area contributed by atoms with Gasteiger partial charge in [-0.1, -0.05) is 30.3 Å². The minimum absolute atomic E-state index is 1.05. The molecule has 0 atom stereocenters. The highest BCUT2D eigenvalue weighted by Crippen LogP contribution is 2.29. The predicted octanol–water partition coefficient (Wildman–Crippen LogP) is 4.04. The Kier molecular flexibility index (Phi) is 2.31. The third-order valence-electron chi connectivity index (χ3n) is 2.42. The van der Waals surface area contributed by atoms with E-state index in [1.165, 1.54) is 16.9 Å². The number of hydrogen-bond donors (Lipinski definition) is 1. The molecule has 0 saturated carbocycles. The van der Waals surface area contributed by atoms with Gasteiger partial charge in [0.25, 0.3) is 0 Å². The lowest BCUT2D eigenvalue weighted by atomic mass is 10.2. The molecule has 1 heterocycles. The van der Waals surface area contributed by atoms with Crippen molar-refractivity contribution in [3.05, 3.63) is 54.6 Å². The Balaban J connectivity index is 2.01. The zero-order valence-corrected chi connectivity index (χ0v) is 9.37. The molecule has 3 heteroatoms. The van der Waals surface area contributed by atoms with E-state index in [9.17, 15) is 0 Å². The number of benzene rings is 2. The first-order valence-electron chi connectivity index (χ1n) is 5.10. The summed E-state index contributed by atoms with van der Waals surface area (Å²) in [5.74, 6) is 0. The van der Waals surface area contributed by atoms with Crippen LogP contribution in [0, 0.1) is 0 Å². The lowest BCUT2D eigenvalue weighted by Gasteiger charge is -2.02. The quantitative estimate of drug-likeness (QED) is 0.713. The number of anilines is 2. The summed E-state index contributed by atoms with van der Waals surface area (Å²) in [5, 5.41) is 5.66. The van der Waals surface area contributed by atoms with Crippen LogP contribution < -0.4 is 5.32 Å². The Morgan fingerprint density at radius 3 is 2.50 bits per heavy atom. The molecule has 0 aliphatic carbocycles. The Bertz CT molecular complexity index is 601. The fraction of sp³-hybridized carbons (Fsp3) is 0. The molecule has 16 heavy (non-hydrogen) atoms. The Morgan fingerprint density at radius 1 is 0.875 bits per heavy atom. The predicted molar refractivity (Wildman–Crippen MR) is 69.3 cm³/mol. The summed E-state index contributed by atoms with van der Waals surface area (Å²) in [4.78, 5) is 0. The lowest BCUT2D eigenvalue weighted by molar-refractivity contribution is 1.62. The summed E-state index contributed by atoms with van der Waals surface area (Å²) < 4.78 is 4.39. The van der Waals surface area contributed by atoms with Gasteiger partial charge in [-0.25, -0.2) is 0 Å². The third-order valence-corrected chi connectivity index (χ3v) is 3.21. The monoisotopic (exact) mass is 226 g/mol. The van der Waals surface area contributed by atoms with Gasteiger partial charge in [-0.15, -0.1) is 0 Å². The van der Waals surface area contributed by atoms with Gasteiger partial charge in [0.1, 0.15) is 5.00 Å². The number of aromatic nitrogens is 1. The van der Waals surface area contributed by atoms with E-state index >= 15 is 0 Å². The van der Waals surface area contributed by atoms with Crippen LogP contribution in [0.4, 0.5) is 10.7 Å². The van der Waals surface area contributed by atoms with Crippen molar-refractivity contribution in [1.29, 1.82) is 0 Å². The Hall–Kier alpha value is -1.87. The van der Waals surface area contributed by atoms with E-state index in [1.54, 1.807) is 0 Å². The third kappa shape index (κ3) is 1.66. The standard InChI is InChI=1S/C13H10N2S/c1-2-6-10(7-3-1)14-13-11-8-4-5-9-12(11)15-16-13/h1-9,14H. The molecule has 0 saturated heterocycles. The number of hydrogen-bond acceptors (Lipinski definition) is 3. The van der Waals surface area contributed by atoms with Gasteiger partial charge in [-0.2, -0.15) is 4.37 Å². The molecular formula is C13H10N2S. The van der Waals surface area contributed by atoms with Gasteiger partial charge in [0.05, 0.1) is 5.52 Å². The molecule has 0 amide bonds. The molecule has 3 rings (SSSR count). The average molecular weight is 226 g/mol. The van der Waals surface area contributed by atoms with Crippen molar-refractivity contribution < 1.29 is 0 Å². The highest BCUT2D eigenvalue weighted by Gasteiger charge is 2.04. The fourth-order valence-corrected chi connectivity index (χ4v) is 2.42.